The summed E-state index contributed by atoms with van der Waals surface area (Å²) in [5, 5.41) is 1.62. The Morgan fingerprint density at radius 3 is 2.41 bits per heavy atom. The number of fused-ring (bicyclic) bond motifs is 3. The Hall–Kier alpha value is -1.90. The molecule has 0 spiro atoms. The zero-order valence-electron chi connectivity index (χ0n) is 17.7. The third-order valence-electron chi connectivity index (χ3n) is 6.80. The van der Waals surface area contributed by atoms with Crippen molar-refractivity contribution in [2.45, 2.75) is 84.0 Å². The van der Waals surface area contributed by atoms with Crippen LogP contribution in [0.2, 0.25) is 0 Å². The van der Waals surface area contributed by atoms with Crippen LogP contribution in [0.5, 0.6) is 0 Å². The van der Waals surface area contributed by atoms with Crippen LogP contribution in [0.25, 0.3) is 21.9 Å². The van der Waals surface area contributed by atoms with E-state index in [1.165, 1.54) is 25.7 Å². The van der Waals surface area contributed by atoms with E-state index >= 15 is 4.39 Å². The van der Waals surface area contributed by atoms with E-state index in [-0.39, 0.29) is 11.5 Å². The summed E-state index contributed by atoms with van der Waals surface area (Å²) < 4.78 is 35.8. The number of halogens is 2. The van der Waals surface area contributed by atoms with Crippen LogP contribution in [-0.2, 0) is 6.42 Å². The van der Waals surface area contributed by atoms with Crippen molar-refractivity contribution < 1.29 is 13.2 Å². The van der Waals surface area contributed by atoms with Crippen molar-refractivity contribution in [1.29, 1.82) is 0 Å². The summed E-state index contributed by atoms with van der Waals surface area (Å²) in [5.41, 5.74) is 2.39. The highest BCUT2D eigenvalue weighted by molar-refractivity contribution is 6.06. The normalized spacial score (nSPS) is 20.0. The van der Waals surface area contributed by atoms with Gasteiger partial charge >= 0.3 is 0 Å². The zero-order chi connectivity index (χ0) is 20.4. The van der Waals surface area contributed by atoms with Crippen LogP contribution in [-0.4, -0.2) is 0 Å². The first-order valence-corrected chi connectivity index (χ1v) is 11.5. The van der Waals surface area contributed by atoms with Crippen molar-refractivity contribution in [3.05, 3.63) is 47.0 Å². The average molecular weight is 399 g/mol. The second-order valence-corrected chi connectivity index (χ2v) is 8.83. The van der Waals surface area contributed by atoms with Gasteiger partial charge in [-0.3, -0.25) is 0 Å². The average Bonchev–Trinajstić information content (AvgIpc) is 3.12. The Kier molecular flexibility index (Phi) is 6.22. The Balaban J connectivity index is 1.65. The maximum Gasteiger partial charge on any atom is 0.202 e. The lowest BCUT2D eigenvalue weighted by molar-refractivity contribution is 0.298. The Bertz CT molecular complexity index is 979. The van der Waals surface area contributed by atoms with Crippen molar-refractivity contribution in [3.8, 4) is 0 Å². The van der Waals surface area contributed by atoms with Gasteiger partial charge in [-0.1, -0.05) is 64.2 Å². The second-order valence-electron chi connectivity index (χ2n) is 8.83. The first-order valence-electron chi connectivity index (χ1n) is 11.5. The molecular formula is C26H32F2O. The van der Waals surface area contributed by atoms with E-state index < -0.39 is 11.6 Å². The summed E-state index contributed by atoms with van der Waals surface area (Å²) in [4.78, 5) is 0. The fourth-order valence-electron chi connectivity index (χ4n) is 5.16. The number of hydrogen-bond donors (Lipinski definition) is 0. The molecule has 1 aliphatic rings. The van der Waals surface area contributed by atoms with Crippen molar-refractivity contribution >= 4 is 21.9 Å². The summed E-state index contributed by atoms with van der Waals surface area (Å²) in [6.07, 6.45) is 11.1. The third-order valence-corrected chi connectivity index (χ3v) is 6.80. The first-order chi connectivity index (χ1) is 14.1. The van der Waals surface area contributed by atoms with Gasteiger partial charge in [0, 0.05) is 10.8 Å². The standard InChI is InChI=1S/C26H32F2O/c1-3-5-6-9-17-12-14-18(15-13-17)21-16-22-20-11-7-10-19(8-4-2)25(20)29-26(22)24(28)23(21)27/h7,10-11,16-18H,3-6,8-9,12-15H2,1-2H3. The fourth-order valence-corrected chi connectivity index (χ4v) is 5.16. The monoisotopic (exact) mass is 398 g/mol. The molecule has 1 aliphatic carbocycles. The van der Waals surface area contributed by atoms with Gasteiger partial charge in [-0.05, 0) is 61.1 Å². The lowest BCUT2D eigenvalue weighted by Gasteiger charge is -2.29. The van der Waals surface area contributed by atoms with Gasteiger partial charge < -0.3 is 4.42 Å². The minimum atomic E-state index is -0.818. The van der Waals surface area contributed by atoms with Gasteiger partial charge in [-0.2, -0.15) is 4.39 Å². The SMILES string of the molecule is CCCCCC1CCC(c2cc3c(oc4c(CCC)cccc43)c(F)c2F)CC1. The molecule has 0 N–H and O–H groups in total. The Labute approximate surface area is 172 Å². The molecule has 29 heavy (non-hydrogen) atoms. The third kappa shape index (κ3) is 3.93. The summed E-state index contributed by atoms with van der Waals surface area (Å²) in [6, 6.07) is 7.84. The van der Waals surface area contributed by atoms with Crippen LogP contribution in [0.4, 0.5) is 8.78 Å². The number of benzene rings is 2. The first kappa shape index (κ1) is 20.4. The van der Waals surface area contributed by atoms with Crippen molar-refractivity contribution in [1.82, 2.24) is 0 Å². The quantitative estimate of drug-likeness (QED) is 0.363. The largest absolute Gasteiger partial charge is 0.453 e. The maximum atomic E-state index is 15.0. The van der Waals surface area contributed by atoms with Crippen LogP contribution in [0.15, 0.2) is 28.7 Å². The number of aryl methyl sites for hydroxylation is 1. The van der Waals surface area contributed by atoms with Crippen molar-refractivity contribution in [3.63, 3.8) is 0 Å². The highest BCUT2D eigenvalue weighted by Crippen LogP contribution is 2.42. The molecule has 1 saturated carbocycles. The second kappa shape index (κ2) is 8.85. The molecule has 0 unspecified atom stereocenters. The molecular weight excluding hydrogens is 366 g/mol. The molecule has 0 aliphatic heterocycles. The predicted octanol–water partition coefficient (Wildman–Crippen LogP) is 8.67. The van der Waals surface area contributed by atoms with E-state index in [0.717, 1.165) is 60.8 Å². The Morgan fingerprint density at radius 2 is 1.69 bits per heavy atom. The van der Waals surface area contributed by atoms with E-state index in [9.17, 15) is 4.39 Å². The predicted molar refractivity (Wildman–Crippen MR) is 116 cm³/mol. The molecule has 0 amide bonds. The molecule has 156 valence electrons. The summed E-state index contributed by atoms with van der Waals surface area (Å²) in [5.74, 6) is -0.662. The van der Waals surface area contributed by atoms with Crippen LogP contribution < -0.4 is 0 Å². The highest BCUT2D eigenvalue weighted by Gasteiger charge is 2.28. The van der Waals surface area contributed by atoms with Gasteiger partial charge in [0.15, 0.2) is 11.4 Å². The minimum absolute atomic E-state index is 0.0676. The summed E-state index contributed by atoms with van der Waals surface area (Å²) in [6.45, 7) is 4.34. The van der Waals surface area contributed by atoms with Gasteiger partial charge in [-0.15, -0.1) is 0 Å². The van der Waals surface area contributed by atoms with E-state index in [1.54, 1.807) is 0 Å². The lowest BCUT2D eigenvalue weighted by Crippen LogP contribution is -2.15. The molecule has 3 heteroatoms. The van der Waals surface area contributed by atoms with Gasteiger partial charge in [-0.25, -0.2) is 4.39 Å². The molecule has 1 heterocycles. The zero-order valence-corrected chi connectivity index (χ0v) is 17.7. The molecule has 1 aromatic heterocycles. The van der Waals surface area contributed by atoms with Crippen LogP contribution in [0.1, 0.15) is 88.7 Å². The lowest BCUT2D eigenvalue weighted by atomic mass is 9.76. The minimum Gasteiger partial charge on any atom is -0.453 e. The number of furan rings is 1. The molecule has 0 radical (unpaired) electrons. The van der Waals surface area contributed by atoms with E-state index in [4.69, 9.17) is 4.42 Å². The maximum absolute atomic E-state index is 15.0. The molecule has 0 atom stereocenters. The van der Waals surface area contributed by atoms with E-state index in [2.05, 4.69) is 13.8 Å². The molecule has 0 saturated heterocycles. The number of hydrogen-bond acceptors (Lipinski definition) is 1. The molecule has 3 aromatic rings. The fraction of sp³-hybridized carbons (Fsp3) is 0.538. The molecule has 4 rings (SSSR count). The summed E-state index contributed by atoms with van der Waals surface area (Å²) in [7, 11) is 0. The van der Waals surface area contributed by atoms with Crippen molar-refractivity contribution in [2.24, 2.45) is 5.92 Å². The topological polar surface area (TPSA) is 13.1 Å². The van der Waals surface area contributed by atoms with Crippen LogP contribution >= 0.6 is 0 Å². The van der Waals surface area contributed by atoms with E-state index in [0.29, 0.717) is 11.1 Å². The van der Waals surface area contributed by atoms with Crippen LogP contribution in [0, 0.1) is 17.6 Å². The smallest absolute Gasteiger partial charge is 0.202 e. The van der Waals surface area contributed by atoms with Gasteiger partial charge in [0.05, 0.1) is 0 Å². The highest BCUT2D eigenvalue weighted by atomic mass is 19.2. The van der Waals surface area contributed by atoms with E-state index in [1.807, 2.05) is 24.3 Å². The summed E-state index contributed by atoms with van der Waals surface area (Å²) >= 11 is 0. The Morgan fingerprint density at radius 1 is 0.897 bits per heavy atom. The number of unbranched alkanes of at least 4 members (excludes halogenated alkanes) is 2. The molecule has 0 bridgehead atoms. The molecule has 1 fully saturated rings. The van der Waals surface area contributed by atoms with Gasteiger partial charge in [0.1, 0.15) is 5.58 Å². The van der Waals surface area contributed by atoms with Gasteiger partial charge in [0.2, 0.25) is 5.82 Å². The molecule has 1 nitrogen and oxygen atoms in total. The number of para-hydroxylation sites is 1. The van der Waals surface area contributed by atoms with Crippen LogP contribution in [0.3, 0.4) is 0 Å². The number of rotatable bonds is 7. The van der Waals surface area contributed by atoms with Crippen molar-refractivity contribution in [2.75, 3.05) is 0 Å². The molecule has 2 aromatic carbocycles. The van der Waals surface area contributed by atoms with Gasteiger partial charge in [0.25, 0.3) is 0 Å².